The Bertz CT molecular complexity index is 907. The van der Waals surface area contributed by atoms with E-state index in [1.165, 1.54) is 5.56 Å². The fraction of sp³-hybridized carbons (Fsp3) is 0.316. The van der Waals surface area contributed by atoms with Crippen LogP contribution in [0, 0.1) is 0 Å². The number of benzene rings is 2. The molecule has 6 heteroatoms. The minimum Gasteiger partial charge on any atom is -0.312 e. The van der Waals surface area contributed by atoms with Crippen LogP contribution in [0.1, 0.15) is 36.4 Å². The summed E-state index contributed by atoms with van der Waals surface area (Å²) in [5.74, 6) is 0.0938. The van der Waals surface area contributed by atoms with E-state index in [-0.39, 0.29) is 16.8 Å². The first-order chi connectivity index (χ1) is 12.0. The molecule has 0 aromatic heterocycles. The standard InChI is InChI=1S/C19H20N2O3S/c22-19-6-3-13-21(19)15-8-10-16(11-9-15)25(23,24)20-18-12-7-14-4-1-2-5-17(14)18/h1-2,4-5,8-11,18,20H,3,6-7,12-13H2. The molecule has 5 nitrogen and oxygen atoms in total. The van der Waals surface area contributed by atoms with Gasteiger partial charge in [-0.2, -0.15) is 0 Å². The molecule has 0 bridgehead atoms. The van der Waals surface area contributed by atoms with Gasteiger partial charge in [-0.05, 0) is 54.7 Å². The van der Waals surface area contributed by atoms with Crippen LogP contribution in [0.25, 0.3) is 0 Å². The molecule has 4 rings (SSSR count). The number of amides is 1. The lowest BCUT2D eigenvalue weighted by molar-refractivity contribution is -0.117. The molecule has 1 amide bonds. The summed E-state index contributed by atoms with van der Waals surface area (Å²) in [6.45, 7) is 0.696. The maximum atomic E-state index is 12.7. The highest BCUT2D eigenvalue weighted by atomic mass is 32.2. The second-order valence-corrected chi connectivity index (χ2v) is 8.27. The summed E-state index contributed by atoms with van der Waals surface area (Å²) >= 11 is 0. The van der Waals surface area contributed by atoms with Gasteiger partial charge in [0.25, 0.3) is 0 Å². The van der Waals surface area contributed by atoms with Gasteiger partial charge < -0.3 is 4.90 Å². The number of fused-ring (bicyclic) bond motifs is 1. The molecule has 2 aliphatic rings. The number of hydrogen-bond donors (Lipinski definition) is 1. The second-order valence-electron chi connectivity index (χ2n) is 6.55. The average Bonchev–Trinajstić information content (AvgIpc) is 3.21. The molecular formula is C19H20N2O3S. The van der Waals surface area contributed by atoms with Crippen molar-refractivity contribution in [1.29, 1.82) is 0 Å². The molecule has 1 saturated heterocycles. The molecule has 1 fully saturated rings. The van der Waals surface area contributed by atoms with Gasteiger partial charge in [0, 0.05) is 24.7 Å². The maximum absolute atomic E-state index is 12.7. The van der Waals surface area contributed by atoms with E-state index in [4.69, 9.17) is 0 Å². The molecule has 1 aliphatic heterocycles. The Hall–Kier alpha value is -2.18. The van der Waals surface area contributed by atoms with Gasteiger partial charge in [0.05, 0.1) is 4.90 Å². The van der Waals surface area contributed by atoms with Gasteiger partial charge in [-0.15, -0.1) is 0 Å². The molecule has 0 spiro atoms. The molecule has 1 aliphatic carbocycles. The third-order valence-electron chi connectivity index (χ3n) is 4.96. The molecule has 0 radical (unpaired) electrons. The Kier molecular flexibility index (Phi) is 4.09. The number of rotatable bonds is 4. The van der Waals surface area contributed by atoms with Crippen LogP contribution in [0.15, 0.2) is 53.4 Å². The van der Waals surface area contributed by atoms with Crippen molar-refractivity contribution in [1.82, 2.24) is 4.72 Å². The van der Waals surface area contributed by atoms with E-state index in [1.807, 2.05) is 24.3 Å². The number of anilines is 1. The van der Waals surface area contributed by atoms with Crippen molar-refractivity contribution in [3.8, 4) is 0 Å². The third-order valence-corrected chi connectivity index (χ3v) is 6.45. The van der Waals surface area contributed by atoms with Crippen molar-refractivity contribution in [3.05, 3.63) is 59.7 Å². The van der Waals surface area contributed by atoms with Crippen molar-refractivity contribution in [2.24, 2.45) is 0 Å². The minimum atomic E-state index is -3.59. The highest BCUT2D eigenvalue weighted by molar-refractivity contribution is 7.89. The van der Waals surface area contributed by atoms with Crippen LogP contribution in [0.3, 0.4) is 0 Å². The lowest BCUT2D eigenvalue weighted by Gasteiger charge is -2.17. The number of sulfonamides is 1. The van der Waals surface area contributed by atoms with Crippen molar-refractivity contribution < 1.29 is 13.2 Å². The first-order valence-corrected chi connectivity index (χ1v) is 10.0. The largest absolute Gasteiger partial charge is 0.312 e. The summed E-state index contributed by atoms with van der Waals surface area (Å²) in [7, 11) is -3.59. The second kappa shape index (κ2) is 6.28. The zero-order valence-electron chi connectivity index (χ0n) is 13.8. The number of carbonyl (C=O) groups is 1. The van der Waals surface area contributed by atoms with Gasteiger partial charge in [0.1, 0.15) is 0 Å². The van der Waals surface area contributed by atoms with E-state index in [0.29, 0.717) is 13.0 Å². The SMILES string of the molecule is O=C1CCCN1c1ccc(S(=O)(=O)NC2CCc3ccccc32)cc1. The molecule has 1 heterocycles. The monoisotopic (exact) mass is 356 g/mol. The van der Waals surface area contributed by atoms with E-state index >= 15 is 0 Å². The van der Waals surface area contributed by atoms with Crippen LogP contribution in [-0.4, -0.2) is 20.9 Å². The van der Waals surface area contributed by atoms with Crippen LogP contribution in [0.4, 0.5) is 5.69 Å². The topological polar surface area (TPSA) is 66.5 Å². The molecular weight excluding hydrogens is 336 g/mol. The number of hydrogen-bond acceptors (Lipinski definition) is 3. The Morgan fingerprint density at radius 3 is 2.48 bits per heavy atom. The van der Waals surface area contributed by atoms with Crippen LogP contribution in [0.2, 0.25) is 0 Å². The van der Waals surface area contributed by atoms with E-state index in [0.717, 1.165) is 30.5 Å². The summed E-state index contributed by atoms with van der Waals surface area (Å²) in [5.41, 5.74) is 3.02. The number of nitrogens with one attached hydrogen (secondary N) is 1. The van der Waals surface area contributed by atoms with Gasteiger partial charge in [-0.25, -0.2) is 13.1 Å². The number of aryl methyl sites for hydroxylation is 1. The van der Waals surface area contributed by atoms with Crippen molar-refractivity contribution in [2.75, 3.05) is 11.4 Å². The normalized spacial score (nSPS) is 20.1. The Labute approximate surface area is 147 Å². The van der Waals surface area contributed by atoms with E-state index < -0.39 is 10.0 Å². The Balaban J connectivity index is 1.54. The lowest BCUT2D eigenvalue weighted by Crippen LogP contribution is -2.27. The molecule has 0 saturated carbocycles. The summed E-state index contributed by atoms with van der Waals surface area (Å²) in [6, 6.07) is 14.3. The zero-order chi connectivity index (χ0) is 17.4. The molecule has 2 aromatic rings. The quantitative estimate of drug-likeness (QED) is 0.916. The first kappa shape index (κ1) is 16.3. The number of nitrogens with zero attached hydrogens (tertiary/aromatic N) is 1. The lowest BCUT2D eigenvalue weighted by atomic mass is 10.1. The highest BCUT2D eigenvalue weighted by Crippen LogP contribution is 2.32. The molecule has 1 unspecified atom stereocenters. The number of carbonyl (C=O) groups excluding carboxylic acids is 1. The van der Waals surface area contributed by atoms with Crippen LogP contribution in [0.5, 0.6) is 0 Å². The van der Waals surface area contributed by atoms with Gasteiger partial charge in [-0.3, -0.25) is 4.79 Å². The fourth-order valence-electron chi connectivity index (χ4n) is 3.66. The first-order valence-electron chi connectivity index (χ1n) is 8.55. The predicted octanol–water partition coefficient (Wildman–Crippen LogP) is 2.78. The summed E-state index contributed by atoms with van der Waals surface area (Å²) in [5, 5.41) is 0. The highest BCUT2D eigenvalue weighted by Gasteiger charge is 2.27. The van der Waals surface area contributed by atoms with Gasteiger partial charge in [0.2, 0.25) is 15.9 Å². The van der Waals surface area contributed by atoms with E-state index in [2.05, 4.69) is 4.72 Å². The summed E-state index contributed by atoms with van der Waals surface area (Å²) < 4.78 is 28.2. The van der Waals surface area contributed by atoms with Crippen LogP contribution < -0.4 is 9.62 Å². The Morgan fingerprint density at radius 1 is 1.00 bits per heavy atom. The summed E-state index contributed by atoms with van der Waals surface area (Å²) in [4.78, 5) is 13.7. The molecule has 1 atom stereocenters. The van der Waals surface area contributed by atoms with Crippen molar-refractivity contribution >= 4 is 21.6 Å². The Morgan fingerprint density at radius 2 is 1.76 bits per heavy atom. The average molecular weight is 356 g/mol. The predicted molar refractivity (Wildman–Crippen MR) is 95.9 cm³/mol. The van der Waals surface area contributed by atoms with Crippen LogP contribution in [-0.2, 0) is 21.2 Å². The van der Waals surface area contributed by atoms with Crippen molar-refractivity contribution in [3.63, 3.8) is 0 Å². The minimum absolute atomic E-state index is 0.0938. The summed E-state index contributed by atoms with van der Waals surface area (Å²) in [6.07, 6.45) is 3.07. The van der Waals surface area contributed by atoms with E-state index in [1.54, 1.807) is 29.2 Å². The third kappa shape index (κ3) is 3.07. The molecule has 2 aromatic carbocycles. The fourth-order valence-corrected chi connectivity index (χ4v) is 4.91. The maximum Gasteiger partial charge on any atom is 0.241 e. The molecule has 25 heavy (non-hydrogen) atoms. The van der Waals surface area contributed by atoms with E-state index in [9.17, 15) is 13.2 Å². The van der Waals surface area contributed by atoms with Gasteiger partial charge >= 0.3 is 0 Å². The molecule has 130 valence electrons. The van der Waals surface area contributed by atoms with Crippen LogP contribution >= 0.6 is 0 Å². The van der Waals surface area contributed by atoms with Gasteiger partial charge in [0.15, 0.2) is 0 Å². The zero-order valence-corrected chi connectivity index (χ0v) is 14.6. The smallest absolute Gasteiger partial charge is 0.241 e. The van der Waals surface area contributed by atoms with Gasteiger partial charge in [-0.1, -0.05) is 24.3 Å². The molecule has 1 N–H and O–H groups in total. The van der Waals surface area contributed by atoms with Crippen molar-refractivity contribution in [2.45, 2.75) is 36.6 Å².